The molecule has 1 aliphatic rings. The third-order valence-electron chi connectivity index (χ3n) is 6.10. The molecule has 0 unspecified atom stereocenters. The van der Waals surface area contributed by atoms with Gasteiger partial charge in [0.05, 0.1) is 17.2 Å². The van der Waals surface area contributed by atoms with Crippen molar-refractivity contribution < 1.29 is 19.1 Å². The Kier molecular flexibility index (Phi) is 9.90. The van der Waals surface area contributed by atoms with Gasteiger partial charge in [-0.15, -0.1) is 0 Å². The van der Waals surface area contributed by atoms with E-state index in [4.69, 9.17) is 32.7 Å². The molecule has 1 fully saturated rings. The first-order chi connectivity index (χ1) is 16.4. The van der Waals surface area contributed by atoms with Crippen LogP contribution in [0.1, 0.15) is 51.0 Å². The SMILES string of the molecule is CC[C@H](C(=O)NC1CCCCC1)N(Cc1ccc(Cl)c(Cl)c1)C(=O)COc1ccc(OC)cc1. The smallest absolute Gasteiger partial charge is 0.261 e. The van der Waals surface area contributed by atoms with Crippen molar-refractivity contribution in [3.05, 3.63) is 58.1 Å². The third kappa shape index (κ3) is 7.28. The Hall–Kier alpha value is -2.44. The van der Waals surface area contributed by atoms with Gasteiger partial charge in [0.15, 0.2) is 6.61 Å². The summed E-state index contributed by atoms with van der Waals surface area (Å²) in [4.78, 5) is 28.1. The Bertz CT molecular complexity index is 962. The molecule has 2 amide bonds. The van der Waals surface area contributed by atoms with Crippen molar-refractivity contribution in [1.29, 1.82) is 0 Å². The Morgan fingerprint density at radius 2 is 1.71 bits per heavy atom. The Morgan fingerprint density at radius 3 is 2.32 bits per heavy atom. The number of nitrogens with zero attached hydrogens (tertiary/aromatic N) is 1. The molecule has 0 radical (unpaired) electrons. The summed E-state index contributed by atoms with van der Waals surface area (Å²) < 4.78 is 10.9. The van der Waals surface area contributed by atoms with Gasteiger partial charge in [-0.25, -0.2) is 0 Å². The minimum Gasteiger partial charge on any atom is -0.497 e. The molecule has 1 saturated carbocycles. The summed E-state index contributed by atoms with van der Waals surface area (Å²) in [5.74, 6) is 0.827. The van der Waals surface area contributed by atoms with Gasteiger partial charge in [0.2, 0.25) is 5.91 Å². The molecule has 8 heteroatoms. The highest BCUT2D eigenvalue weighted by molar-refractivity contribution is 6.42. The van der Waals surface area contributed by atoms with Crippen molar-refractivity contribution in [3.63, 3.8) is 0 Å². The van der Waals surface area contributed by atoms with E-state index in [0.717, 1.165) is 31.2 Å². The fraction of sp³-hybridized carbons (Fsp3) is 0.462. The highest BCUT2D eigenvalue weighted by Crippen LogP contribution is 2.25. The molecule has 3 rings (SSSR count). The zero-order valence-corrected chi connectivity index (χ0v) is 21.2. The summed E-state index contributed by atoms with van der Waals surface area (Å²) in [6.07, 6.45) is 5.86. The lowest BCUT2D eigenvalue weighted by Gasteiger charge is -2.32. The van der Waals surface area contributed by atoms with Crippen LogP contribution in [-0.2, 0) is 16.1 Å². The van der Waals surface area contributed by atoms with Gasteiger partial charge in [0.1, 0.15) is 17.5 Å². The number of hydrogen-bond donors (Lipinski definition) is 1. The van der Waals surface area contributed by atoms with Crippen LogP contribution in [0, 0.1) is 0 Å². The van der Waals surface area contributed by atoms with Gasteiger partial charge >= 0.3 is 0 Å². The number of amides is 2. The molecule has 1 aliphatic carbocycles. The van der Waals surface area contributed by atoms with Crippen LogP contribution in [0.3, 0.4) is 0 Å². The second kappa shape index (κ2) is 12.9. The molecule has 1 N–H and O–H groups in total. The maximum absolute atomic E-state index is 13.3. The normalized spacial score (nSPS) is 14.8. The zero-order valence-electron chi connectivity index (χ0n) is 19.7. The molecule has 1 atom stereocenters. The van der Waals surface area contributed by atoms with Gasteiger partial charge in [0, 0.05) is 12.6 Å². The van der Waals surface area contributed by atoms with Crippen molar-refractivity contribution in [2.75, 3.05) is 13.7 Å². The number of carbonyl (C=O) groups excluding carboxylic acids is 2. The quantitative estimate of drug-likeness (QED) is 0.452. The molecule has 2 aromatic carbocycles. The molecular weight excluding hydrogens is 475 g/mol. The molecule has 0 bridgehead atoms. The van der Waals surface area contributed by atoms with Gasteiger partial charge < -0.3 is 19.7 Å². The minimum atomic E-state index is -0.622. The van der Waals surface area contributed by atoms with E-state index >= 15 is 0 Å². The van der Waals surface area contributed by atoms with Gasteiger partial charge in [-0.1, -0.05) is 55.5 Å². The summed E-state index contributed by atoms with van der Waals surface area (Å²) in [5, 5.41) is 4.00. The monoisotopic (exact) mass is 506 g/mol. The summed E-state index contributed by atoms with van der Waals surface area (Å²) in [6, 6.07) is 11.8. The minimum absolute atomic E-state index is 0.132. The summed E-state index contributed by atoms with van der Waals surface area (Å²) >= 11 is 12.3. The third-order valence-corrected chi connectivity index (χ3v) is 6.84. The van der Waals surface area contributed by atoms with Crippen molar-refractivity contribution in [2.24, 2.45) is 0 Å². The fourth-order valence-corrected chi connectivity index (χ4v) is 4.52. The number of carbonyl (C=O) groups is 2. The molecule has 6 nitrogen and oxygen atoms in total. The summed E-state index contributed by atoms with van der Waals surface area (Å²) in [7, 11) is 1.59. The van der Waals surface area contributed by atoms with Crippen molar-refractivity contribution >= 4 is 35.0 Å². The largest absolute Gasteiger partial charge is 0.497 e. The number of rotatable bonds is 10. The van der Waals surface area contributed by atoms with E-state index in [0.29, 0.717) is 28.0 Å². The van der Waals surface area contributed by atoms with E-state index in [1.807, 2.05) is 13.0 Å². The number of hydrogen-bond acceptors (Lipinski definition) is 4. The zero-order chi connectivity index (χ0) is 24.5. The van der Waals surface area contributed by atoms with Crippen LogP contribution in [0.5, 0.6) is 11.5 Å². The first-order valence-electron chi connectivity index (χ1n) is 11.7. The summed E-state index contributed by atoms with van der Waals surface area (Å²) in [5.41, 5.74) is 0.788. The van der Waals surface area contributed by atoms with Crippen LogP contribution in [0.15, 0.2) is 42.5 Å². The molecule has 0 aliphatic heterocycles. The van der Waals surface area contributed by atoms with E-state index in [1.54, 1.807) is 48.4 Å². The average Bonchev–Trinajstić information content (AvgIpc) is 2.85. The maximum Gasteiger partial charge on any atom is 0.261 e. The molecule has 34 heavy (non-hydrogen) atoms. The molecule has 0 heterocycles. The predicted molar refractivity (Wildman–Crippen MR) is 135 cm³/mol. The van der Waals surface area contributed by atoms with Crippen molar-refractivity contribution in [2.45, 2.75) is 64.1 Å². The van der Waals surface area contributed by atoms with Crippen LogP contribution in [0.25, 0.3) is 0 Å². The molecule has 0 aromatic heterocycles. The lowest BCUT2D eigenvalue weighted by Crippen LogP contribution is -2.52. The first-order valence-corrected chi connectivity index (χ1v) is 12.5. The number of halogens is 2. The van der Waals surface area contributed by atoms with Gasteiger partial charge in [-0.3, -0.25) is 9.59 Å². The molecule has 0 saturated heterocycles. The van der Waals surface area contributed by atoms with E-state index < -0.39 is 6.04 Å². The second-order valence-electron chi connectivity index (χ2n) is 8.50. The van der Waals surface area contributed by atoms with E-state index in [-0.39, 0.29) is 31.0 Å². The Labute approximate surface area is 211 Å². The van der Waals surface area contributed by atoms with Crippen LogP contribution in [0.2, 0.25) is 10.0 Å². The number of methoxy groups -OCH3 is 1. The second-order valence-corrected chi connectivity index (χ2v) is 9.32. The predicted octanol–water partition coefficient (Wildman–Crippen LogP) is 5.64. The van der Waals surface area contributed by atoms with Crippen LogP contribution in [-0.4, -0.2) is 42.5 Å². The lowest BCUT2D eigenvalue weighted by atomic mass is 9.95. The molecular formula is C26H32Cl2N2O4. The fourth-order valence-electron chi connectivity index (χ4n) is 4.20. The standard InChI is InChI=1S/C26H32Cl2N2O4/c1-3-24(26(32)29-19-7-5-4-6-8-19)30(16-18-9-14-22(27)23(28)15-18)25(31)17-34-21-12-10-20(33-2)11-13-21/h9-15,19,24H,3-8,16-17H2,1-2H3,(H,29,32)/t24-/m1/s1. The number of benzene rings is 2. The highest BCUT2D eigenvalue weighted by Gasteiger charge is 2.30. The number of ether oxygens (including phenoxy) is 2. The van der Waals surface area contributed by atoms with Gasteiger partial charge in [-0.05, 0) is 61.2 Å². The van der Waals surface area contributed by atoms with Gasteiger partial charge in [-0.2, -0.15) is 0 Å². The van der Waals surface area contributed by atoms with Crippen LogP contribution in [0.4, 0.5) is 0 Å². The van der Waals surface area contributed by atoms with Crippen molar-refractivity contribution in [1.82, 2.24) is 10.2 Å². The topological polar surface area (TPSA) is 67.9 Å². The first kappa shape index (κ1) is 26.2. The molecule has 184 valence electrons. The van der Waals surface area contributed by atoms with E-state index in [1.165, 1.54) is 6.42 Å². The molecule has 2 aromatic rings. The van der Waals surface area contributed by atoms with Gasteiger partial charge in [0.25, 0.3) is 5.91 Å². The van der Waals surface area contributed by atoms with E-state index in [9.17, 15) is 9.59 Å². The highest BCUT2D eigenvalue weighted by atomic mass is 35.5. The summed E-state index contributed by atoms with van der Waals surface area (Å²) in [6.45, 7) is 1.93. The Balaban J connectivity index is 1.76. The number of nitrogens with one attached hydrogen (secondary N) is 1. The lowest BCUT2D eigenvalue weighted by molar-refractivity contribution is -0.143. The average molecular weight is 507 g/mol. The molecule has 0 spiro atoms. The van der Waals surface area contributed by atoms with E-state index in [2.05, 4.69) is 5.32 Å². The van der Waals surface area contributed by atoms with Crippen LogP contribution >= 0.6 is 23.2 Å². The van der Waals surface area contributed by atoms with Crippen molar-refractivity contribution in [3.8, 4) is 11.5 Å². The van der Waals surface area contributed by atoms with Crippen LogP contribution < -0.4 is 14.8 Å². The maximum atomic E-state index is 13.3. The Morgan fingerprint density at radius 1 is 1.03 bits per heavy atom.